The van der Waals surface area contributed by atoms with E-state index >= 15 is 0 Å². The number of likely N-dealkylation sites (tertiary alicyclic amines) is 1. The summed E-state index contributed by atoms with van der Waals surface area (Å²) < 4.78 is 0. The third-order valence-electron chi connectivity index (χ3n) is 5.53. The van der Waals surface area contributed by atoms with Gasteiger partial charge in [0.05, 0.1) is 12.2 Å². The number of thiazole rings is 1. The number of nitrogens with one attached hydrogen (secondary N) is 2. The summed E-state index contributed by atoms with van der Waals surface area (Å²) in [6, 6.07) is 9.17. The second-order valence-corrected chi connectivity index (χ2v) is 9.87. The van der Waals surface area contributed by atoms with E-state index in [2.05, 4.69) is 77.9 Å². The number of aliphatic imine (C=N–C) groups is 1. The van der Waals surface area contributed by atoms with Gasteiger partial charge in [0.1, 0.15) is 5.01 Å². The predicted octanol–water partition coefficient (Wildman–Crippen LogP) is 4.70. The van der Waals surface area contributed by atoms with Gasteiger partial charge >= 0.3 is 0 Å². The Labute approximate surface area is 202 Å². The summed E-state index contributed by atoms with van der Waals surface area (Å²) in [7, 11) is 1.84. The van der Waals surface area contributed by atoms with Gasteiger partial charge in [0.15, 0.2) is 5.96 Å². The van der Waals surface area contributed by atoms with E-state index in [9.17, 15) is 0 Å². The molecule has 0 atom stereocenters. The van der Waals surface area contributed by atoms with Crippen molar-refractivity contribution in [3.05, 3.63) is 51.5 Å². The van der Waals surface area contributed by atoms with Crippen LogP contribution in [0.4, 0.5) is 0 Å². The summed E-state index contributed by atoms with van der Waals surface area (Å²) in [5, 5.41) is 10.3. The minimum Gasteiger partial charge on any atom is -0.354 e. The van der Waals surface area contributed by atoms with Gasteiger partial charge in [-0.3, -0.25) is 9.89 Å². The fraction of sp³-hybridized carbons (Fsp3) is 0.565. The molecule has 1 aromatic carbocycles. The van der Waals surface area contributed by atoms with Crippen LogP contribution in [0.15, 0.2) is 34.6 Å². The number of aryl methyl sites for hydroxylation is 1. The summed E-state index contributed by atoms with van der Waals surface area (Å²) in [5.41, 5.74) is 4.08. The van der Waals surface area contributed by atoms with E-state index in [0.717, 1.165) is 49.1 Å². The van der Waals surface area contributed by atoms with Crippen molar-refractivity contribution in [1.29, 1.82) is 0 Å². The first-order valence-electron chi connectivity index (χ1n) is 10.5. The molecule has 1 aromatic heterocycles. The Bertz CT molecular complexity index is 819. The Balaban J connectivity index is 0.00000320. The number of benzene rings is 1. The Morgan fingerprint density at radius 3 is 2.53 bits per heavy atom. The topological polar surface area (TPSA) is 52.6 Å². The van der Waals surface area contributed by atoms with Gasteiger partial charge in [0.25, 0.3) is 0 Å². The van der Waals surface area contributed by atoms with Crippen molar-refractivity contribution in [2.45, 2.75) is 65.1 Å². The molecule has 2 aromatic rings. The average Bonchev–Trinajstić information content (AvgIpc) is 3.18. The van der Waals surface area contributed by atoms with Gasteiger partial charge in [-0.2, -0.15) is 0 Å². The van der Waals surface area contributed by atoms with Crippen molar-refractivity contribution >= 4 is 41.3 Å². The molecule has 0 radical (unpaired) electrons. The number of nitrogens with zero attached hydrogens (tertiary/aromatic N) is 3. The first-order chi connectivity index (χ1) is 13.8. The molecule has 0 saturated carbocycles. The van der Waals surface area contributed by atoms with E-state index in [0.29, 0.717) is 12.6 Å². The molecule has 166 valence electrons. The Morgan fingerprint density at radius 2 is 1.93 bits per heavy atom. The van der Waals surface area contributed by atoms with E-state index in [-0.39, 0.29) is 29.4 Å². The van der Waals surface area contributed by atoms with E-state index in [1.165, 1.54) is 11.1 Å². The SMILES string of the molecule is CN=C(NCc1nc(C(C)(C)C)cs1)NC1CCN(Cc2ccccc2C)CC1.I. The van der Waals surface area contributed by atoms with E-state index in [1.54, 1.807) is 11.3 Å². The zero-order valence-electron chi connectivity index (χ0n) is 18.9. The summed E-state index contributed by atoms with van der Waals surface area (Å²) in [6.45, 7) is 12.8. The van der Waals surface area contributed by atoms with Crippen LogP contribution >= 0.6 is 35.3 Å². The van der Waals surface area contributed by atoms with Crippen molar-refractivity contribution in [3.8, 4) is 0 Å². The van der Waals surface area contributed by atoms with Gasteiger partial charge in [0.2, 0.25) is 0 Å². The van der Waals surface area contributed by atoms with E-state index < -0.39 is 0 Å². The summed E-state index contributed by atoms with van der Waals surface area (Å²) in [4.78, 5) is 11.7. The fourth-order valence-electron chi connectivity index (χ4n) is 3.55. The van der Waals surface area contributed by atoms with Crippen LogP contribution in [-0.2, 0) is 18.5 Å². The van der Waals surface area contributed by atoms with Gasteiger partial charge in [-0.15, -0.1) is 35.3 Å². The highest BCUT2D eigenvalue weighted by Crippen LogP contribution is 2.23. The summed E-state index contributed by atoms with van der Waals surface area (Å²) >= 11 is 1.71. The third kappa shape index (κ3) is 7.20. The van der Waals surface area contributed by atoms with Crippen LogP contribution in [0.3, 0.4) is 0 Å². The molecule has 0 amide bonds. The highest BCUT2D eigenvalue weighted by molar-refractivity contribution is 14.0. The molecule has 1 saturated heterocycles. The molecule has 1 aliphatic rings. The third-order valence-corrected chi connectivity index (χ3v) is 6.38. The zero-order valence-corrected chi connectivity index (χ0v) is 22.0. The lowest BCUT2D eigenvalue weighted by molar-refractivity contribution is 0.198. The minimum atomic E-state index is 0. The van der Waals surface area contributed by atoms with Gasteiger partial charge in [-0.05, 0) is 30.9 Å². The van der Waals surface area contributed by atoms with Crippen molar-refractivity contribution < 1.29 is 0 Å². The molecule has 0 unspecified atom stereocenters. The molecule has 1 aliphatic heterocycles. The molecule has 3 rings (SSSR count). The molecule has 1 fully saturated rings. The summed E-state index contributed by atoms with van der Waals surface area (Å²) in [5.74, 6) is 0.870. The molecule has 7 heteroatoms. The molecular formula is C23H36IN5S. The maximum absolute atomic E-state index is 4.76. The highest BCUT2D eigenvalue weighted by Gasteiger charge is 2.21. The van der Waals surface area contributed by atoms with Gasteiger partial charge in [-0.1, -0.05) is 45.0 Å². The molecule has 0 spiro atoms. The number of halogens is 1. The monoisotopic (exact) mass is 541 g/mol. The van der Waals surface area contributed by atoms with Crippen LogP contribution in [0.25, 0.3) is 0 Å². The molecular weight excluding hydrogens is 505 g/mol. The Hall–Kier alpha value is -1.19. The quantitative estimate of drug-likeness (QED) is 0.328. The van der Waals surface area contributed by atoms with Crippen molar-refractivity contribution in [1.82, 2.24) is 20.5 Å². The van der Waals surface area contributed by atoms with Crippen LogP contribution in [0.5, 0.6) is 0 Å². The highest BCUT2D eigenvalue weighted by atomic mass is 127. The largest absolute Gasteiger partial charge is 0.354 e. The number of rotatable bonds is 5. The van der Waals surface area contributed by atoms with Crippen LogP contribution in [-0.4, -0.2) is 42.0 Å². The molecule has 30 heavy (non-hydrogen) atoms. The van der Waals surface area contributed by atoms with Crippen LogP contribution in [0.1, 0.15) is 55.4 Å². The summed E-state index contributed by atoms with van der Waals surface area (Å²) in [6.07, 6.45) is 2.27. The Kier molecular flexibility index (Phi) is 9.56. The first kappa shape index (κ1) is 25.1. The van der Waals surface area contributed by atoms with Gasteiger partial charge < -0.3 is 10.6 Å². The van der Waals surface area contributed by atoms with Crippen molar-refractivity contribution in [2.75, 3.05) is 20.1 Å². The number of aromatic nitrogens is 1. The van der Waals surface area contributed by atoms with Crippen LogP contribution in [0.2, 0.25) is 0 Å². The standard InChI is InChI=1S/C23H35N5S.HI/c1-17-8-6-7-9-18(17)15-28-12-10-19(11-13-28)26-22(24-5)25-14-21-27-20(16-29-21)23(2,3)4;/h6-9,16,19H,10-15H2,1-5H3,(H2,24,25,26);1H. The van der Waals surface area contributed by atoms with Gasteiger partial charge in [0, 0.05) is 43.5 Å². The minimum absolute atomic E-state index is 0. The molecule has 0 aliphatic carbocycles. The lowest BCUT2D eigenvalue weighted by Crippen LogP contribution is -2.48. The maximum atomic E-state index is 4.76. The maximum Gasteiger partial charge on any atom is 0.191 e. The fourth-order valence-corrected chi connectivity index (χ4v) is 4.51. The smallest absolute Gasteiger partial charge is 0.191 e. The Morgan fingerprint density at radius 1 is 1.23 bits per heavy atom. The molecule has 0 bridgehead atoms. The molecule has 2 heterocycles. The van der Waals surface area contributed by atoms with E-state index in [1.807, 2.05) is 7.05 Å². The number of guanidine groups is 1. The molecule has 5 nitrogen and oxygen atoms in total. The normalized spacial score (nSPS) is 16.2. The van der Waals surface area contributed by atoms with Crippen molar-refractivity contribution in [3.63, 3.8) is 0 Å². The zero-order chi connectivity index (χ0) is 20.9. The van der Waals surface area contributed by atoms with E-state index in [4.69, 9.17) is 4.98 Å². The van der Waals surface area contributed by atoms with Crippen LogP contribution in [0, 0.1) is 6.92 Å². The number of hydrogen-bond donors (Lipinski definition) is 2. The second kappa shape index (κ2) is 11.4. The average molecular weight is 542 g/mol. The first-order valence-corrected chi connectivity index (χ1v) is 11.4. The lowest BCUT2D eigenvalue weighted by Gasteiger charge is -2.33. The second-order valence-electron chi connectivity index (χ2n) is 8.92. The number of piperidine rings is 1. The van der Waals surface area contributed by atoms with Crippen LogP contribution < -0.4 is 10.6 Å². The van der Waals surface area contributed by atoms with Gasteiger partial charge in [-0.25, -0.2) is 4.98 Å². The number of hydrogen-bond acceptors (Lipinski definition) is 4. The predicted molar refractivity (Wildman–Crippen MR) is 139 cm³/mol. The van der Waals surface area contributed by atoms with Crippen molar-refractivity contribution in [2.24, 2.45) is 4.99 Å². The molecule has 2 N–H and O–H groups in total. The lowest BCUT2D eigenvalue weighted by atomic mass is 9.93.